The lowest BCUT2D eigenvalue weighted by molar-refractivity contribution is -0.116. The minimum absolute atomic E-state index is 0.188. The number of amides is 1. The van der Waals surface area contributed by atoms with Crippen LogP contribution < -0.4 is 9.80 Å². The molecule has 0 spiro atoms. The molecule has 5 rings (SSSR count). The van der Waals surface area contributed by atoms with Crippen LogP contribution in [0.25, 0.3) is 0 Å². The Bertz CT molecular complexity index is 869. The highest BCUT2D eigenvalue weighted by Crippen LogP contribution is 2.41. The number of para-hydroxylation sites is 1. The van der Waals surface area contributed by atoms with Crippen molar-refractivity contribution < 1.29 is 4.79 Å². The summed E-state index contributed by atoms with van der Waals surface area (Å²) in [7, 11) is 0. The summed E-state index contributed by atoms with van der Waals surface area (Å²) in [6.45, 7) is 2.13. The molecule has 1 aliphatic heterocycles. The van der Waals surface area contributed by atoms with Gasteiger partial charge < -0.3 is 9.80 Å². The number of benzene rings is 1. The summed E-state index contributed by atoms with van der Waals surface area (Å²) in [5.41, 5.74) is 1.03. The number of carbonyl (C=O) groups is 1. The molecule has 1 amide bonds. The lowest BCUT2D eigenvalue weighted by Gasteiger charge is -2.34. The third-order valence-electron chi connectivity index (χ3n) is 6.77. The molecule has 1 aromatic carbocycles. The molecular weight excluding hydrogens is 406 g/mol. The van der Waals surface area contributed by atoms with Crippen LogP contribution in [0.2, 0.25) is 0 Å². The van der Waals surface area contributed by atoms with Gasteiger partial charge in [0.15, 0.2) is 5.16 Å². The van der Waals surface area contributed by atoms with Crippen LogP contribution in [-0.2, 0) is 4.79 Å². The van der Waals surface area contributed by atoms with Crippen LogP contribution in [0.3, 0.4) is 0 Å². The van der Waals surface area contributed by atoms with Crippen molar-refractivity contribution in [3.63, 3.8) is 0 Å². The fourth-order valence-corrected chi connectivity index (χ4v) is 5.87. The van der Waals surface area contributed by atoms with Crippen molar-refractivity contribution in [2.24, 2.45) is 0 Å². The molecule has 6 nitrogen and oxygen atoms in total. The molecule has 0 N–H and O–H groups in total. The SMILES string of the molecule is O=C(CSc1nnc(N2CCCCC2)n1C1CC1)N(c1ccccc1)C1CCCCC1. The first-order valence-corrected chi connectivity index (χ1v) is 13.0. The van der Waals surface area contributed by atoms with Gasteiger partial charge in [-0.3, -0.25) is 9.36 Å². The summed E-state index contributed by atoms with van der Waals surface area (Å²) in [4.78, 5) is 17.9. The lowest BCUT2D eigenvalue weighted by atomic mass is 9.93. The molecule has 7 heteroatoms. The van der Waals surface area contributed by atoms with E-state index in [0.29, 0.717) is 17.8 Å². The second kappa shape index (κ2) is 9.63. The van der Waals surface area contributed by atoms with E-state index in [1.165, 1.54) is 51.4 Å². The van der Waals surface area contributed by atoms with Gasteiger partial charge in [0.25, 0.3) is 0 Å². The summed E-state index contributed by atoms with van der Waals surface area (Å²) < 4.78 is 2.32. The number of piperidine rings is 1. The van der Waals surface area contributed by atoms with Crippen molar-refractivity contribution in [3.8, 4) is 0 Å². The normalized spacial score (nSPS) is 20.1. The van der Waals surface area contributed by atoms with E-state index in [2.05, 4.69) is 36.7 Å². The van der Waals surface area contributed by atoms with Gasteiger partial charge in [-0.15, -0.1) is 10.2 Å². The summed E-state index contributed by atoms with van der Waals surface area (Å²) in [6, 6.07) is 11.0. The van der Waals surface area contributed by atoms with Gasteiger partial charge in [0.05, 0.1) is 5.75 Å². The van der Waals surface area contributed by atoms with Crippen molar-refractivity contribution in [3.05, 3.63) is 30.3 Å². The van der Waals surface area contributed by atoms with Gasteiger partial charge in [-0.05, 0) is 57.1 Å². The molecule has 1 saturated heterocycles. The van der Waals surface area contributed by atoms with Crippen molar-refractivity contribution in [2.45, 2.75) is 81.4 Å². The smallest absolute Gasteiger partial charge is 0.237 e. The Morgan fingerprint density at radius 2 is 1.65 bits per heavy atom. The molecule has 2 saturated carbocycles. The van der Waals surface area contributed by atoms with Crippen LogP contribution in [0.5, 0.6) is 0 Å². The fourth-order valence-electron chi connectivity index (χ4n) is 5.01. The Balaban J connectivity index is 1.32. The van der Waals surface area contributed by atoms with Gasteiger partial charge in [-0.2, -0.15) is 0 Å². The molecule has 2 heterocycles. The largest absolute Gasteiger partial charge is 0.341 e. The van der Waals surface area contributed by atoms with Crippen molar-refractivity contribution in [1.82, 2.24) is 14.8 Å². The zero-order chi connectivity index (χ0) is 21.0. The second-order valence-corrected chi connectivity index (χ2v) is 10.1. The van der Waals surface area contributed by atoms with E-state index in [4.69, 9.17) is 0 Å². The Hall–Kier alpha value is -2.02. The van der Waals surface area contributed by atoms with Crippen LogP contribution >= 0.6 is 11.8 Å². The van der Waals surface area contributed by atoms with E-state index in [1.807, 2.05) is 18.2 Å². The molecule has 3 aliphatic rings. The molecule has 2 aromatic rings. The molecule has 0 radical (unpaired) electrons. The van der Waals surface area contributed by atoms with Crippen LogP contribution in [0, 0.1) is 0 Å². The van der Waals surface area contributed by atoms with E-state index in [0.717, 1.165) is 42.7 Å². The summed E-state index contributed by atoms with van der Waals surface area (Å²) in [5.74, 6) is 1.62. The van der Waals surface area contributed by atoms with Crippen LogP contribution in [0.4, 0.5) is 11.6 Å². The monoisotopic (exact) mass is 439 g/mol. The number of hydrogen-bond donors (Lipinski definition) is 0. The van der Waals surface area contributed by atoms with Crippen molar-refractivity contribution >= 4 is 29.3 Å². The van der Waals surface area contributed by atoms with Crippen molar-refractivity contribution in [2.75, 3.05) is 28.6 Å². The van der Waals surface area contributed by atoms with Gasteiger partial charge in [0.2, 0.25) is 11.9 Å². The molecule has 0 bridgehead atoms. The molecule has 31 heavy (non-hydrogen) atoms. The Morgan fingerprint density at radius 1 is 0.935 bits per heavy atom. The average molecular weight is 440 g/mol. The van der Waals surface area contributed by atoms with E-state index >= 15 is 0 Å². The second-order valence-electron chi connectivity index (χ2n) is 9.11. The Labute approximate surface area is 189 Å². The molecule has 166 valence electrons. The van der Waals surface area contributed by atoms with E-state index in [-0.39, 0.29) is 5.91 Å². The Kier molecular flexibility index (Phi) is 6.48. The maximum Gasteiger partial charge on any atom is 0.237 e. The van der Waals surface area contributed by atoms with Crippen molar-refractivity contribution in [1.29, 1.82) is 0 Å². The zero-order valence-corrected chi connectivity index (χ0v) is 19.1. The number of nitrogens with zero attached hydrogens (tertiary/aromatic N) is 5. The third kappa shape index (κ3) is 4.76. The standard InChI is InChI=1S/C24H33N5OS/c30-22(28(19-10-4-1-5-11-19)20-12-6-2-7-13-20)18-31-24-26-25-23(29(24)21-14-15-21)27-16-8-3-9-17-27/h1,4-5,10-11,20-21H,2-3,6-9,12-18H2. The number of anilines is 2. The number of rotatable bonds is 7. The molecule has 0 unspecified atom stereocenters. The van der Waals surface area contributed by atoms with Gasteiger partial charge in [-0.25, -0.2) is 0 Å². The van der Waals surface area contributed by atoms with E-state index in [1.54, 1.807) is 11.8 Å². The first-order valence-electron chi connectivity index (χ1n) is 12.0. The number of thioether (sulfide) groups is 1. The van der Waals surface area contributed by atoms with Crippen LogP contribution in [0.1, 0.15) is 70.3 Å². The molecule has 0 atom stereocenters. The predicted octanol–water partition coefficient (Wildman–Crippen LogP) is 5.06. The lowest BCUT2D eigenvalue weighted by Crippen LogP contribution is -2.42. The molecule has 2 aliphatic carbocycles. The highest BCUT2D eigenvalue weighted by atomic mass is 32.2. The first-order chi connectivity index (χ1) is 15.3. The minimum atomic E-state index is 0.188. The number of hydrogen-bond acceptors (Lipinski definition) is 5. The first kappa shape index (κ1) is 20.9. The molecular formula is C24H33N5OS. The van der Waals surface area contributed by atoms with Crippen LogP contribution in [0.15, 0.2) is 35.5 Å². The maximum atomic E-state index is 13.5. The van der Waals surface area contributed by atoms with Gasteiger partial charge >= 0.3 is 0 Å². The molecule has 3 fully saturated rings. The summed E-state index contributed by atoms with van der Waals surface area (Å²) >= 11 is 1.57. The zero-order valence-electron chi connectivity index (χ0n) is 18.3. The summed E-state index contributed by atoms with van der Waals surface area (Å²) in [5, 5.41) is 10.0. The predicted molar refractivity (Wildman–Crippen MR) is 126 cm³/mol. The highest BCUT2D eigenvalue weighted by molar-refractivity contribution is 7.99. The van der Waals surface area contributed by atoms with E-state index < -0.39 is 0 Å². The van der Waals surface area contributed by atoms with Gasteiger partial charge in [0.1, 0.15) is 0 Å². The number of aromatic nitrogens is 3. The summed E-state index contributed by atoms with van der Waals surface area (Å²) in [6.07, 6.45) is 12.1. The number of carbonyl (C=O) groups excluding carboxylic acids is 1. The van der Waals surface area contributed by atoms with Crippen LogP contribution in [-0.4, -0.2) is 45.6 Å². The molecule has 1 aromatic heterocycles. The Morgan fingerprint density at radius 3 is 2.35 bits per heavy atom. The van der Waals surface area contributed by atoms with Gasteiger partial charge in [0, 0.05) is 30.9 Å². The fraction of sp³-hybridized carbons (Fsp3) is 0.625. The highest BCUT2D eigenvalue weighted by Gasteiger charge is 2.33. The third-order valence-corrected chi connectivity index (χ3v) is 7.69. The average Bonchev–Trinajstić information content (AvgIpc) is 3.58. The van der Waals surface area contributed by atoms with Gasteiger partial charge in [-0.1, -0.05) is 49.2 Å². The minimum Gasteiger partial charge on any atom is -0.341 e. The maximum absolute atomic E-state index is 13.5. The van der Waals surface area contributed by atoms with E-state index in [9.17, 15) is 4.79 Å². The quantitative estimate of drug-likeness (QED) is 0.564. The topological polar surface area (TPSA) is 54.3 Å².